The Balaban J connectivity index is 1.84. The maximum absolute atomic E-state index is 12.7. The number of urea groups is 1. The second-order valence-corrected chi connectivity index (χ2v) is 7.78. The first-order chi connectivity index (χ1) is 14.2. The summed E-state index contributed by atoms with van der Waals surface area (Å²) in [5.74, 6) is 0.681. The summed E-state index contributed by atoms with van der Waals surface area (Å²) in [5, 5.41) is 3.50. The van der Waals surface area contributed by atoms with Crippen LogP contribution in [-0.2, 0) is 13.1 Å². The molecule has 30 heavy (non-hydrogen) atoms. The van der Waals surface area contributed by atoms with Gasteiger partial charge in [-0.2, -0.15) is 0 Å². The molecule has 8 heteroatoms. The van der Waals surface area contributed by atoms with Crippen molar-refractivity contribution in [2.75, 3.05) is 26.5 Å². The smallest absolute Gasteiger partial charge is 0.321 e. The molecule has 0 aliphatic carbocycles. The predicted octanol–water partition coefficient (Wildman–Crippen LogP) is 4.38. The van der Waals surface area contributed by atoms with Crippen LogP contribution >= 0.6 is 11.6 Å². The highest BCUT2D eigenvalue weighted by Crippen LogP contribution is 2.24. The lowest BCUT2D eigenvalue weighted by Gasteiger charge is -2.19. The monoisotopic (exact) mass is 427 g/mol. The highest BCUT2D eigenvalue weighted by Gasteiger charge is 2.18. The number of benzene rings is 2. The van der Waals surface area contributed by atoms with Crippen molar-refractivity contribution in [2.45, 2.75) is 26.9 Å². The SMILES string of the molecule is CCn1c(CN(C)C(=O)Nc2cccc(Cl)c2C)nc2cc(C(=O)N(C)C)ccc21. The molecule has 0 radical (unpaired) electrons. The number of aromatic nitrogens is 2. The fourth-order valence-electron chi connectivity index (χ4n) is 3.28. The van der Waals surface area contributed by atoms with Crippen molar-refractivity contribution in [3.05, 3.63) is 58.4 Å². The summed E-state index contributed by atoms with van der Waals surface area (Å²) in [6, 6.07) is 10.7. The van der Waals surface area contributed by atoms with Crippen molar-refractivity contribution in [1.29, 1.82) is 0 Å². The van der Waals surface area contributed by atoms with Crippen molar-refractivity contribution in [1.82, 2.24) is 19.4 Å². The summed E-state index contributed by atoms with van der Waals surface area (Å²) < 4.78 is 2.05. The maximum Gasteiger partial charge on any atom is 0.321 e. The number of nitrogens with one attached hydrogen (secondary N) is 1. The first-order valence-electron chi connectivity index (χ1n) is 9.71. The van der Waals surface area contributed by atoms with E-state index in [1.165, 1.54) is 4.90 Å². The van der Waals surface area contributed by atoms with Gasteiger partial charge in [0.05, 0.1) is 17.6 Å². The molecule has 0 aliphatic rings. The zero-order valence-corrected chi connectivity index (χ0v) is 18.6. The molecule has 0 aliphatic heterocycles. The number of halogens is 1. The Morgan fingerprint density at radius 3 is 2.57 bits per heavy atom. The van der Waals surface area contributed by atoms with E-state index in [1.807, 2.05) is 30.5 Å². The number of aryl methyl sites for hydroxylation is 1. The third-order valence-corrected chi connectivity index (χ3v) is 5.44. The van der Waals surface area contributed by atoms with Gasteiger partial charge in [0.25, 0.3) is 5.91 Å². The van der Waals surface area contributed by atoms with Crippen molar-refractivity contribution >= 4 is 40.3 Å². The molecule has 3 rings (SSSR count). The van der Waals surface area contributed by atoms with Gasteiger partial charge in [-0.3, -0.25) is 4.79 Å². The van der Waals surface area contributed by atoms with Crippen LogP contribution in [0.2, 0.25) is 5.02 Å². The Hall–Kier alpha value is -3.06. The van der Waals surface area contributed by atoms with E-state index in [1.54, 1.807) is 50.3 Å². The third kappa shape index (κ3) is 4.26. The van der Waals surface area contributed by atoms with Gasteiger partial charge in [-0.25, -0.2) is 9.78 Å². The summed E-state index contributed by atoms with van der Waals surface area (Å²) in [5.41, 5.74) is 3.75. The number of hydrogen-bond acceptors (Lipinski definition) is 3. The van der Waals surface area contributed by atoms with Gasteiger partial charge in [0.2, 0.25) is 0 Å². The Labute approximate surface area is 181 Å². The molecule has 1 heterocycles. The first-order valence-corrected chi connectivity index (χ1v) is 10.1. The molecular weight excluding hydrogens is 402 g/mol. The van der Waals surface area contributed by atoms with Crippen LogP contribution in [-0.4, -0.2) is 52.4 Å². The Kier molecular flexibility index (Phi) is 6.31. The van der Waals surface area contributed by atoms with E-state index in [9.17, 15) is 9.59 Å². The van der Waals surface area contributed by atoms with Crippen molar-refractivity contribution in [2.24, 2.45) is 0 Å². The normalized spacial score (nSPS) is 10.9. The molecule has 0 saturated carbocycles. The Morgan fingerprint density at radius 2 is 1.90 bits per heavy atom. The molecule has 3 aromatic rings. The van der Waals surface area contributed by atoms with Crippen LogP contribution in [0.4, 0.5) is 10.5 Å². The second kappa shape index (κ2) is 8.75. The van der Waals surface area contributed by atoms with E-state index < -0.39 is 0 Å². The maximum atomic E-state index is 12.7. The summed E-state index contributed by atoms with van der Waals surface area (Å²) in [7, 11) is 5.16. The molecule has 158 valence electrons. The molecule has 2 aromatic carbocycles. The number of amides is 3. The summed E-state index contributed by atoms with van der Waals surface area (Å²) in [6.07, 6.45) is 0. The summed E-state index contributed by atoms with van der Waals surface area (Å²) in [4.78, 5) is 32.8. The fraction of sp³-hybridized carbons (Fsp3) is 0.318. The van der Waals surface area contributed by atoms with Crippen molar-refractivity contribution in [3.63, 3.8) is 0 Å². The molecule has 1 aromatic heterocycles. The molecule has 0 spiro atoms. The standard InChI is InChI=1S/C22H26ClN5O2/c1-6-28-19-11-10-15(21(29)26(3)4)12-18(19)24-20(28)13-27(5)22(30)25-17-9-7-8-16(23)14(17)2/h7-12H,6,13H2,1-5H3,(H,25,30). The molecule has 0 bridgehead atoms. The van der Waals surface area contributed by atoms with Crippen molar-refractivity contribution in [3.8, 4) is 0 Å². The average molecular weight is 428 g/mol. The first kappa shape index (κ1) is 21.6. The van der Waals surface area contributed by atoms with Crippen LogP contribution in [0.3, 0.4) is 0 Å². The van der Waals surface area contributed by atoms with Gasteiger partial charge in [-0.05, 0) is 49.7 Å². The van der Waals surface area contributed by atoms with Crippen LogP contribution in [0.1, 0.15) is 28.7 Å². The minimum Gasteiger partial charge on any atom is -0.345 e. The van der Waals surface area contributed by atoms with E-state index in [2.05, 4.69) is 5.32 Å². The second-order valence-electron chi connectivity index (χ2n) is 7.37. The number of nitrogens with zero attached hydrogens (tertiary/aromatic N) is 4. The van der Waals surface area contributed by atoms with Gasteiger partial charge in [0.15, 0.2) is 0 Å². The number of hydrogen-bond donors (Lipinski definition) is 1. The van der Waals surface area contributed by atoms with E-state index in [-0.39, 0.29) is 11.9 Å². The van der Waals surface area contributed by atoms with Gasteiger partial charge in [0.1, 0.15) is 5.82 Å². The molecular formula is C22H26ClN5O2. The lowest BCUT2D eigenvalue weighted by atomic mass is 10.2. The van der Waals surface area contributed by atoms with Gasteiger partial charge in [0, 0.05) is 44.0 Å². The summed E-state index contributed by atoms with van der Waals surface area (Å²) in [6.45, 7) is 4.92. The topological polar surface area (TPSA) is 70.5 Å². The van der Waals surface area contributed by atoms with Gasteiger partial charge >= 0.3 is 6.03 Å². The van der Waals surface area contributed by atoms with E-state index in [0.717, 1.165) is 22.4 Å². The van der Waals surface area contributed by atoms with Gasteiger partial charge < -0.3 is 19.7 Å². The number of carbonyl (C=O) groups is 2. The number of anilines is 1. The average Bonchev–Trinajstić information content (AvgIpc) is 3.06. The van der Waals surface area contributed by atoms with Crippen LogP contribution in [0, 0.1) is 6.92 Å². The summed E-state index contributed by atoms with van der Waals surface area (Å²) >= 11 is 6.14. The molecule has 0 fully saturated rings. The Morgan fingerprint density at radius 1 is 1.17 bits per heavy atom. The Bertz CT molecular complexity index is 1110. The van der Waals surface area contributed by atoms with Gasteiger partial charge in [-0.1, -0.05) is 17.7 Å². The minimum atomic E-state index is -0.251. The molecule has 7 nitrogen and oxygen atoms in total. The van der Waals surface area contributed by atoms with E-state index in [0.29, 0.717) is 29.4 Å². The van der Waals surface area contributed by atoms with Crippen LogP contribution in [0.25, 0.3) is 11.0 Å². The van der Waals surface area contributed by atoms with Crippen LogP contribution in [0.5, 0.6) is 0 Å². The molecule has 0 saturated heterocycles. The largest absolute Gasteiger partial charge is 0.345 e. The van der Waals surface area contributed by atoms with Crippen LogP contribution < -0.4 is 5.32 Å². The number of rotatable bonds is 5. The predicted molar refractivity (Wildman–Crippen MR) is 120 cm³/mol. The molecule has 0 atom stereocenters. The lowest BCUT2D eigenvalue weighted by Crippen LogP contribution is -2.32. The molecule has 1 N–H and O–H groups in total. The van der Waals surface area contributed by atoms with E-state index >= 15 is 0 Å². The zero-order chi connectivity index (χ0) is 22.0. The van der Waals surface area contributed by atoms with Crippen LogP contribution in [0.15, 0.2) is 36.4 Å². The minimum absolute atomic E-state index is 0.0714. The quantitative estimate of drug-likeness (QED) is 0.656. The number of imidazole rings is 1. The van der Waals surface area contributed by atoms with E-state index in [4.69, 9.17) is 16.6 Å². The van der Waals surface area contributed by atoms with Crippen molar-refractivity contribution < 1.29 is 9.59 Å². The molecule has 0 unspecified atom stereocenters. The highest BCUT2D eigenvalue weighted by atomic mass is 35.5. The number of carbonyl (C=O) groups excluding carboxylic acids is 2. The zero-order valence-electron chi connectivity index (χ0n) is 17.9. The number of fused-ring (bicyclic) bond motifs is 1. The van der Waals surface area contributed by atoms with Gasteiger partial charge in [-0.15, -0.1) is 0 Å². The fourth-order valence-corrected chi connectivity index (χ4v) is 3.46. The lowest BCUT2D eigenvalue weighted by molar-refractivity contribution is 0.0827. The third-order valence-electron chi connectivity index (χ3n) is 5.03. The molecule has 3 amide bonds. The highest BCUT2D eigenvalue weighted by molar-refractivity contribution is 6.31.